The molecular weight excluding hydrogens is 238 g/mol. The summed E-state index contributed by atoms with van der Waals surface area (Å²) < 4.78 is 0. The molecule has 1 fully saturated rings. The van der Waals surface area contributed by atoms with E-state index in [1.165, 1.54) is 24.8 Å². The Labute approximate surface area is 112 Å². The molecule has 1 atom stereocenters. The molecule has 3 rings (SSSR count). The van der Waals surface area contributed by atoms with Gasteiger partial charge in [0.2, 0.25) is 0 Å². The van der Waals surface area contributed by atoms with Crippen LogP contribution in [-0.2, 0) is 0 Å². The van der Waals surface area contributed by atoms with Gasteiger partial charge in [0.05, 0.1) is 6.20 Å². The molecule has 1 aliphatic rings. The third-order valence-electron chi connectivity index (χ3n) is 3.32. The van der Waals surface area contributed by atoms with Gasteiger partial charge in [0.1, 0.15) is 11.6 Å². The van der Waals surface area contributed by atoms with E-state index in [1.807, 2.05) is 12.3 Å². The number of hydrogen-bond acceptors (Lipinski definition) is 5. The van der Waals surface area contributed by atoms with Crippen LogP contribution in [0.2, 0.25) is 0 Å². The minimum absolute atomic E-state index is 0.451. The first-order valence-electron chi connectivity index (χ1n) is 6.64. The number of rotatable bonds is 3. The van der Waals surface area contributed by atoms with Crippen LogP contribution in [0.15, 0.2) is 36.9 Å². The van der Waals surface area contributed by atoms with E-state index in [-0.39, 0.29) is 0 Å². The van der Waals surface area contributed by atoms with Crippen molar-refractivity contribution in [3.8, 4) is 0 Å². The lowest BCUT2D eigenvalue weighted by molar-refractivity contribution is 0.411. The number of anilines is 2. The summed E-state index contributed by atoms with van der Waals surface area (Å²) in [6, 6.07) is 4.56. The second-order valence-corrected chi connectivity index (χ2v) is 4.69. The number of piperidine rings is 1. The number of hydrogen-bond donors (Lipinski definition) is 2. The van der Waals surface area contributed by atoms with Gasteiger partial charge in [-0.15, -0.1) is 0 Å². The molecule has 2 aromatic rings. The van der Waals surface area contributed by atoms with Crippen LogP contribution >= 0.6 is 0 Å². The molecule has 5 heteroatoms. The van der Waals surface area contributed by atoms with Gasteiger partial charge in [0.15, 0.2) is 0 Å². The van der Waals surface area contributed by atoms with Gasteiger partial charge < -0.3 is 10.6 Å². The van der Waals surface area contributed by atoms with Crippen molar-refractivity contribution in [2.45, 2.75) is 25.3 Å². The fourth-order valence-corrected chi connectivity index (χ4v) is 2.32. The maximum Gasteiger partial charge on any atom is 0.150 e. The normalized spacial score (nSPS) is 19.1. The van der Waals surface area contributed by atoms with Crippen LogP contribution in [0, 0.1) is 0 Å². The van der Waals surface area contributed by atoms with Gasteiger partial charge in [0.25, 0.3) is 0 Å². The van der Waals surface area contributed by atoms with Crippen molar-refractivity contribution in [2.75, 3.05) is 11.9 Å². The summed E-state index contributed by atoms with van der Waals surface area (Å²) in [7, 11) is 0. The Kier molecular flexibility index (Phi) is 3.65. The lowest BCUT2D eigenvalue weighted by Gasteiger charge is -2.23. The molecule has 0 saturated carbocycles. The molecule has 1 aliphatic heterocycles. The van der Waals surface area contributed by atoms with Crippen molar-refractivity contribution < 1.29 is 0 Å². The van der Waals surface area contributed by atoms with Crippen molar-refractivity contribution in [3.63, 3.8) is 0 Å². The Morgan fingerprint density at radius 1 is 1.05 bits per heavy atom. The van der Waals surface area contributed by atoms with E-state index in [9.17, 15) is 0 Å². The topological polar surface area (TPSA) is 62.7 Å². The first-order valence-corrected chi connectivity index (χ1v) is 6.64. The summed E-state index contributed by atoms with van der Waals surface area (Å²) >= 11 is 0. The molecule has 1 saturated heterocycles. The maximum atomic E-state index is 4.43. The van der Waals surface area contributed by atoms with E-state index in [4.69, 9.17) is 0 Å². The zero-order chi connectivity index (χ0) is 12.9. The van der Waals surface area contributed by atoms with Crippen LogP contribution in [0.25, 0.3) is 0 Å². The van der Waals surface area contributed by atoms with Crippen molar-refractivity contribution >= 4 is 11.6 Å². The van der Waals surface area contributed by atoms with E-state index >= 15 is 0 Å². The van der Waals surface area contributed by atoms with Crippen LogP contribution in [0.3, 0.4) is 0 Å². The summed E-state index contributed by atoms with van der Waals surface area (Å²) in [5.41, 5.74) is 1.25. The molecule has 98 valence electrons. The highest BCUT2D eigenvalue weighted by Gasteiger charge is 2.14. The Morgan fingerprint density at radius 3 is 2.74 bits per heavy atom. The second kappa shape index (κ2) is 5.75. The van der Waals surface area contributed by atoms with Gasteiger partial charge in [-0.25, -0.2) is 9.97 Å². The third-order valence-corrected chi connectivity index (χ3v) is 3.32. The van der Waals surface area contributed by atoms with E-state index < -0.39 is 0 Å². The Balaban J connectivity index is 1.68. The van der Waals surface area contributed by atoms with Gasteiger partial charge in [-0.2, -0.15) is 0 Å². The average molecular weight is 255 g/mol. The van der Waals surface area contributed by atoms with Gasteiger partial charge >= 0.3 is 0 Å². The predicted octanol–water partition coefficient (Wildman–Crippen LogP) is 2.43. The molecule has 2 aromatic heterocycles. The number of nitrogens with zero attached hydrogens (tertiary/aromatic N) is 3. The molecule has 0 radical (unpaired) electrons. The molecule has 3 heterocycles. The largest absolute Gasteiger partial charge is 0.324 e. The molecule has 0 aromatic carbocycles. The van der Waals surface area contributed by atoms with Crippen molar-refractivity contribution in [2.24, 2.45) is 0 Å². The van der Waals surface area contributed by atoms with Gasteiger partial charge in [-0.05, 0) is 31.0 Å². The third kappa shape index (κ3) is 3.06. The molecule has 0 unspecified atom stereocenters. The maximum absolute atomic E-state index is 4.43. The molecule has 0 aliphatic carbocycles. The van der Waals surface area contributed by atoms with Crippen LogP contribution in [0.1, 0.15) is 30.9 Å². The second-order valence-electron chi connectivity index (χ2n) is 4.69. The molecule has 0 bridgehead atoms. The molecule has 19 heavy (non-hydrogen) atoms. The SMILES string of the molecule is c1cnc(Nc2ccc([C@H]3CCCCN3)cn2)cn1. The van der Waals surface area contributed by atoms with Gasteiger partial charge in [-0.1, -0.05) is 12.5 Å². The summed E-state index contributed by atoms with van der Waals surface area (Å²) in [5, 5.41) is 6.65. The Bertz CT molecular complexity index is 505. The fourth-order valence-electron chi connectivity index (χ4n) is 2.32. The van der Waals surface area contributed by atoms with E-state index in [2.05, 4.69) is 31.7 Å². The zero-order valence-corrected chi connectivity index (χ0v) is 10.7. The quantitative estimate of drug-likeness (QED) is 0.882. The Hall–Kier alpha value is -2.01. The molecule has 0 amide bonds. The summed E-state index contributed by atoms with van der Waals surface area (Å²) in [6.45, 7) is 1.10. The predicted molar refractivity (Wildman–Crippen MR) is 74.1 cm³/mol. The lowest BCUT2D eigenvalue weighted by Crippen LogP contribution is -2.26. The average Bonchev–Trinajstić information content (AvgIpc) is 2.50. The van der Waals surface area contributed by atoms with Crippen LogP contribution in [0.4, 0.5) is 11.6 Å². The zero-order valence-electron chi connectivity index (χ0n) is 10.7. The van der Waals surface area contributed by atoms with Gasteiger partial charge in [0, 0.05) is 24.6 Å². The molecule has 2 N–H and O–H groups in total. The van der Waals surface area contributed by atoms with Crippen molar-refractivity contribution in [3.05, 3.63) is 42.5 Å². The number of nitrogens with one attached hydrogen (secondary N) is 2. The van der Waals surface area contributed by atoms with E-state index in [0.717, 1.165) is 12.4 Å². The summed E-state index contributed by atoms with van der Waals surface area (Å²) in [5.74, 6) is 1.50. The fraction of sp³-hybridized carbons (Fsp3) is 0.357. The molecular formula is C14H17N5. The minimum atomic E-state index is 0.451. The first kappa shape index (κ1) is 12.0. The Morgan fingerprint density at radius 2 is 2.05 bits per heavy atom. The van der Waals surface area contributed by atoms with Crippen LogP contribution < -0.4 is 10.6 Å². The van der Waals surface area contributed by atoms with Gasteiger partial charge in [-0.3, -0.25) is 4.98 Å². The highest BCUT2D eigenvalue weighted by Crippen LogP contribution is 2.23. The highest BCUT2D eigenvalue weighted by atomic mass is 15.1. The molecule has 5 nitrogen and oxygen atoms in total. The van der Waals surface area contributed by atoms with Crippen LogP contribution in [-0.4, -0.2) is 21.5 Å². The number of pyridine rings is 1. The standard InChI is InChI=1S/C14H17N5/c1-2-6-16-12(3-1)11-4-5-13(18-9-11)19-14-10-15-7-8-17-14/h4-5,7-10,12,16H,1-3,6H2,(H,17,18,19)/t12-/m1/s1. The summed E-state index contributed by atoms with van der Waals surface area (Å²) in [4.78, 5) is 12.6. The summed E-state index contributed by atoms with van der Waals surface area (Å²) in [6.07, 6.45) is 10.7. The number of aromatic nitrogens is 3. The van der Waals surface area contributed by atoms with E-state index in [1.54, 1.807) is 18.6 Å². The van der Waals surface area contributed by atoms with Crippen LogP contribution in [0.5, 0.6) is 0 Å². The minimum Gasteiger partial charge on any atom is -0.324 e. The van der Waals surface area contributed by atoms with Crippen molar-refractivity contribution in [1.29, 1.82) is 0 Å². The van der Waals surface area contributed by atoms with E-state index in [0.29, 0.717) is 11.9 Å². The first-order chi connectivity index (χ1) is 9.42. The lowest BCUT2D eigenvalue weighted by atomic mass is 9.99. The van der Waals surface area contributed by atoms with Crippen molar-refractivity contribution in [1.82, 2.24) is 20.3 Å². The monoisotopic (exact) mass is 255 g/mol. The smallest absolute Gasteiger partial charge is 0.150 e. The highest BCUT2D eigenvalue weighted by molar-refractivity contribution is 5.50. The molecule has 0 spiro atoms.